The molecule has 0 spiro atoms. The number of halogens is 1. The molecule has 4 nitrogen and oxygen atoms in total. The van der Waals surface area contributed by atoms with E-state index in [1.165, 1.54) is 6.92 Å². The Kier molecular flexibility index (Phi) is 4.24. The summed E-state index contributed by atoms with van der Waals surface area (Å²) in [5.74, 6) is 0.278. The van der Waals surface area contributed by atoms with Crippen LogP contribution >= 0.6 is 0 Å². The van der Waals surface area contributed by atoms with Crippen LogP contribution in [-0.4, -0.2) is 38.3 Å². The first-order valence-electron chi connectivity index (χ1n) is 6.43. The highest BCUT2D eigenvalue weighted by atomic mass is 19.1. The second-order valence-electron chi connectivity index (χ2n) is 4.76. The zero-order chi connectivity index (χ0) is 13.8. The molecule has 5 heteroatoms. The van der Waals surface area contributed by atoms with Crippen molar-refractivity contribution in [2.24, 2.45) is 0 Å². The molecule has 2 atom stereocenters. The molecule has 1 unspecified atom stereocenters. The molecule has 1 fully saturated rings. The van der Waals surface area contributed by atoms with Crippen LogP contribution in [0.15, 0.2) is 24.3 Å². The van der Waals surface area contributed by atoms with Crippen LogP contribution in [0.4, 0.5) is 10.1 Å². The number of rotatable bonds is 4. The van der Waals surface area contributed by atoms with Crippen molar-refractivity contribution in [1.29, 1.82) is 0 Å². The average Bonchev–Trinajstić information content (AvgIpc) is 2.87. The number of ether oxygens (including phenoxy) is 1. The standard InChI is InChI=1S/C14H19FN2O2/c1-10(15)14(18)16-11-6-7-17(9-11)12-4-3-5-13(8-12)19-2/h3-5,8,10-11H,6-7,9H2,1-2H3,(H,16,18)/t10-,11?/m0/s1. The Bertz CT molecular complexity index is 451. The van der Waals surface area contributed by atoms with Gasteiger partial charge in [0, 0.05) is 30.9 Å². The van der Waals surface area contributed by atoms with Crippen molar-refractivity contribution >= 4 is 11.6 Å². The van der Waals surface area contributed by atoms with Crippen molar-refractivity contribution in [1.82, 2.24) is 5.32 Å². The minimum Gasteiger partial charge on any atom is -0.497 e. The number of hydrogen-bond acceptors (Lipinski definition) is 3. The maximum atomic E-state index is 12.8. The van der Waals surface area contributed by atoms with E-state index in [1.807, 2.05) is 24.3 Å². The summed E-state index contributed by atoms with van der Waals surface area (Å²) >= 11 is 0. The largest absolute Gasteiger partial charge is 0.497 e. The van der Waals surface area contributed by atoms with Crippen LogP contribution in [0, 0.1) is 0 Å². The third-order valence-corrected chi connectivity index (χ3v) is 3.31. The predicted molar refractivity (Wildman–Crippen MR) is 72.3 cm³/mol. The molecule has 1 saturated heterocycles. The molecule has 1 N–H and O–H groups in total. The summed E-state index contributed by atoms with van der Waals surface area (Å²) in [5, 5.41) is 2.72. The zero-order valence-electron chi connectivity index (χ0n) is 11.2. The van der Waals surface area contributed by atoms with E-state index >= 15 is 0 Å². The smallest absolute Gasteiger partial charge is 0.254 e. The second kappa shape index (κ2) is 5.91. The van der Waals surface area contributed by atoms with Crippen molar-refractivity contribution in [3.63, 3.8) is 0 Å². The van der Waals surface area contributed by atoms with E-state index in [-0.39, 0.29) is 6.04 Å². The van der Waals surface area contributed by atoms with Crippen LogP contribution < -0.4 is 15.0 Å². The SMILES string of the molecule is COc1cccc(N2CCC(NC(=O)[C@H](C)F)C2)c1. The molecule has 0 radical (unpaired) electrons. The molecule has 0 aromatic heterocycles. The second-order valence-corrected chi connectivity index (χ2v) is 4.76. The number of carbonyl (C=O) groups excluding carboxylic acids is 1. The number of hydrogen-bond donors (Lipinski definition) is 1. The number of nitrogens with one attached hydrogen (secondary N) is 1. The van der Waals surface area contributed by atoms with Gasteiger partial charge in [-0.3, -0.25) is 4.79 Å². The minimum atomic E-state index is -1.45. The van der Waals surface area contributed by atoms with Gasteiger partial charge in [0.1, 0.15) is 5.75 Å². The summed E-state index contributed by atoms with van der Waals surface area (Å²) in [7, 11) is 1.63. The zero-order valence-corrected chi connectivity index (χ0v) is 11.2. The van der Waals surface area contributed by atoms with Gasteiger partial charge in [0.25, 0.3) is 5.91 Å². The molecule has 2 rings (SSSR count). The lowest BCUT2D eigenvalue weighted by Gasteiger charge is -2.19. The van der Waals surface area contributed by atoms with Gasteiger partial charge in [0.05, 0.1) is 7.11 Å². The van der Waals surface area contributed by atoms with Crippen molar-refractivity contribution in [2.45, 2.75) is 25.6 Å². The topological polar surface area (TPSA) is 41.6 Å². The molecule has 0 aliphatic carbocycles. The first-order chi connectivity index (χ1) is 9.10. The average molecular weight is 266 g/mol. The molecule has 1 aliphatic rings. The molecule has 1 aliphatic heterocycles. The fourth-order valence-corrected chi connectivity index (χ4v) is 2.24. The molecule has 1 amide bonds. The number of nitrogens with zero attached hydrogens (tertiary/aromatic N) is 1. The van der Waals surface area contributed by atoms with Crippen LogP contribution in [0.3, 0.4) is 0 Å². The highest BCUT2D eigenvalue weighted by molar-refractivity contribution is 5.80. The lowest BCUT2D eigenvalue weighted by molar-refractivity contribution is -0.125. The van der Waals surface area contributed by atoms with Gasteiger partial charge in [-0.05, 0) is 25.5 Å². The Morgan fingerprint density at radius 3 is 3.05 bits per heavy atom. The molecule has 0 saturated carbocycles. The number of anilines is 1. The Hall–Kier alpha value is -1.78. The number of benzene rings is 1. The predicted octanol–water partition coefficient (Wildman–Crippen LogP) is 1.75. The van der Waals surface area contributed by atoms with Gasteiger partial charge >= 0.3 is 0 Å². The van der Waals surface area contributed by atoms with E-state index in [1.54, 1.807) is 7.11 Å². The molecule has 1 heterocycles. The van der Waals surface area contributed by atoms with Gasteiger partial charge < -0.3 is 15.0 Å². The monoisotopic (exact) mass is 266 g/mol. The fourth-order valence-electron chi connectivity index (χ4n) is 2.24. The Morgan fingerprint density at radius 2 is 2.37 bits per heavy atom. The van der Waals surface area contributed by atoms with Crippen LogP contribution in [0.1, 0.15) is 13.3 Å². The third-order valence-electron chi connectivity index (χ3n) is 3.31. The molecule has 0 bridgehead atoms. The highest BCUT2D eigenvalue weighted by Crippen LogP contribution is 2.24. The van der Waals surface area contributed by atoms with Crippen LogP contribution in [0.2, 0.25) is 0 Å². The van der Waals surface area contributed by atoms with E-state index in [2.05, 4.69) is 10.2 Å². The van der Waals surface area contributed by atoms with Gasteiger partial charge in [0.2, 0.25) is 0 Å². The summed E-state index contributed by atoms with van der Waals surface area (Å²) in [6, 6.07) is 7.80. The summed E-state index contributed by atoms with van der Waals surface area (Å²) < 4.78 is 18.0. The maximum Gasteiger partial charge on any atom is 0.254 e. The lowest BCUT2D eigenvalue weighted by atomic mass is 10.2. The summed E-state index contributed by atoms with van der Waals surface area (Å²) in [6.07, 6.45) is -0.624. The molecule has 104 valence electrons. The highest BCUT2D eigenvalue weighted by Gasteiger charge is 2.25. The Balaban J connectivity index is 1.96. The van der Waals surface area contributed by atoms with Gasteiger partial charge in [-0.15, -0.1) is 0 Å². The van der Waals surface area contributed by atoms with E-state index in [9.17, 15) is 9.18 Å². The lowest BCUT2D eigenvalue weighted by Crippen LogP contribution is -2.40. The summed E-state index contributed by atoms with van der Waals surface area (Å²) in [6.45, 7) is 2.80. The Morgan fingerprint density at radius 1 is 1.58 bits per heavy atom. The van der Waals surface area contributed by atoms with Crippen LogP contribution in [-0.2, 0) is 4.79 Å². The van der Waals surface area contributed by atoms with Gasteiger partial charge in [0.15, 0.2) is 6.17 Å². The van der Waals surface area contributed by atoms with Crippen molar-refractivity contribution in [3.8, 4) is 5.75 Å². The maximum absolute atomic E-state index is 12.8. The van der Waals surface area contributed by atoms with Crippen LogP contribution in [0.5, 0.6) is 5.75 Å². The van der Waals surface area contributed by atoms with E-state index in [0.717, 1.165) is 24.4 Å². The number of amides is 1. The Labute approximate surface area is 112 Å². The summed E-state index contributed by atoms with van der Waals surface area (Å²) in [5.41, 5.74) is 1.06. The number of alkyl halides is 1. The van der Waals surface area contributed by atoms with Crippen molar-refractivity contribution < 1.29 is 13.9 Å². The van der Waals surface area contributed by atoms with Gasteiger partial charge in [-0.1, -0.05) is 6.07 Å². The fraction of sp³-hybridized carbons (Fsp3) is 0.500. The van der Waals surface area contributed by atoms with Gasteiger partial charge in [-0.2, -0.15) is 0 Å². The third kappa shape index (κ3) is 3.36. The molecule has 1 aromatic carbocycles. The first-order valence-corrected chi connectivity index (χ1v) is 6.43. The van der Waals surface area contributed by atoms with E-state index in [4.69, 9.17) is 4.74 Å². The molecule has 1 aromatic rings. The van der Waals surface area contributed by atoms with E-state index < -0.39 is 12.1 Å². The number of carbonyl (C=O) groups is 1. The molecule has 19 heavy (non-hydrogen) atoms. The van der Waals surface area contributed by atoms with Gasteiger partial charge in [-0.25, -0.2) is 4.39 Å². The van der Waals surface area contributed by atoms with E-state index in [0.29, 0.717) is 6.54 Å². The minimum absolute atomic E-state index is 0.0110. The van der Waals surface area contributed by atoms with Crippen molar-refractivity contribution in [3.05, 3.63) is 24.3 Å². The number of methoxy groups -OCH3 is 1. The molecular weight excluding hydrogens is 247 g/mol. The first kappa shape index (κ1) is 13.6. The normalized spacial score (nSPS) is 20.2. The quantitative estimate of drug-likeness (QED) is 0.902. The summed E-state index contributed by atoms with van der Waals surface area (Å²) in [4.78, 5) is 13.5. The van der Waals surface area contributed by atoms with Crippen molar-refractivity contribution in [2.75, 3.05) is 25.1 Å². The molecular formula is C14H19FN2O2. The van der Waals surface area contributed by atoms with Crippen LogP contribution in [0.25, 0.3) is 0 Å².